The summed E-state index contributed by atoms with van der Waals surface area (Å²) in [5.74, 6) is 0.566. The molecule has 1 heterocycles. The first-order valence-electron chi connectivity index (χ1n) is 6.52. The van der Waals surface area contributed by atoms with Crippen LogP contribution in [0.2, 0.25) is 0 Å². The first-order valence-corrected chi connectivity index (χ1v) is 6.52. The minimum atomic E-state index is 0.303. The summed E-state index contributed by atoms with van der Waals surface area (Å²) in [7, 11) is 0. The zero-order valence-corrected chi connectivity index (χ0v) is 11.2. The van der Waals surface area contributed by atoms with Gasteiger partial charge in [0.05, 0.1) is 18.2 Å². The Morgan fingerprint density at radius 3 is 2.60 bits per heavy atom. The Labute approximate surface area is 118 Å². The molecular weight excluding hydrogens is 250 g/mol. The standard InChI is InChI=1S/C15H17N5/c16-8-5-14-7-10-19-15(20-14)18-9-6-12-1-3-13(11-17)4-2-12/h1-4,7,10H,5-6,9,11,17H2,(H,18,19,20). The van der Waals surface area contributed by atoms with E-state index in [-0.39, 0.29) is 0 Å². The lowest BCUT2D eigenvalue weighted by Gasteiger charge is -2.06. The zero-order chi connectivity index (χ0) is 14.2. The van der Waals surface area contributed by atoms with Crippen LogP contribution in [0.4, 0.5) is 5.95 Å². The van der Waals surface area contributed by atoms with Gasteiger partial charge >= 0.3 is 0 Å². The molecule has 102 valence electrons. The highest BCUT2D eigenvalue weighted by Crippen LogP contribution is 2.06. The second-order valence-corrected chi connectivity index (χ2v) is 4.40. The van der Waals surface area contributed by atoms with Crippen LogP contribution in [-0.4, -0.2) is 16.5 Å². The third-order valence-electron chi connectivity index (χ3n) is 2.93. The molecule has 1 aromatic heterocycles. The molecule has 0 radical (unpaired) electrons. The molecule has 20 heavy (non-hydrogen) atoms. The Bertz CT molecular complexity index is 586. The summed E-state index contributed by atoms with van der Waals surface area (Å²) in [5, 5.41) is 11.8. The summed E-state index contributed by atoms with van der Waals surface area (Å²) in [4.78, 5) is 8.39. The number of hydrogen-bond donors (Lipinski definition) is 2. The van der Waals surface area contributed by atoms with E-state index in [1.165, 1.54) is 5.56 Å². The van der Waals surface area contributed by atoms with Gasteiger partial charge in [-0.05, 0) is 23.6 Å². The van der Waals surface area contributed by atoms with E-state index in [0.29, 0.717) is 18.9 Å². The van der Waals surface area contributed by atoms with Crippen molar-refractivity contribution in [2.45, 2.75) is 19.4 Å². The fraction of sp³-hybridized carbons (Fsp3) is 0.267. The van der Waals surface area contributed by atoms with Crippen LogP contribution in [0.3, 0.4) is 0 Å². The predicted molar refractivity (Wildman–Crippen MR) is 77.9 cm³/mol. The van der Waals surface area contributed by atoms with Crippen LogP contribution in [0.1, 0.15) is 16.8 Å². The van der Waals surface area contributed by atoms with Crippen molar-refractivity contribution in [1.82, 2.24) is 9.97 Å². The summed E-state index contributed by atoms with van der Waals surface area (Å²) >= 11 is 0. The average Bonchev–Trinajstić information content (AvgIpc) is 2.49. The van der Waals surface area contributed by atoms with E-state index in [0.717, 1.165) is 24.2 Å². The van der Waals surface area contributed by atoms with Gasteiger partial charge in [-0.3, -0.25) is 0 Å². The third-order valence-corrected chi connectivity index (χ3v) is 2.93. The van der Waals surface area contributed by atoms with E-state index >= 15 is 0 Å². The van der Waals surface area contributed by atoms with E-state index in [2.05, 4.69) is 33.5 Å². The summed E-state index contributed by atoms with van der Waals surface area (Å²) in [5.41, 5.74) is 8.67. The highest BCUT2D eigenvalue weighted by molar-refractivity contribution is 5.28. The molecule has 2 aromatic rings. The first kappa shape index (κ1) is 14.0. The quantitative estimate of drug-likeness (QED) is 0.831. The number of anilines is 1. The van der Waals surface area contributed by atoms with E-state index in [9.17, 15) is 0 Å². The number of nitrogens with zero attached hydrogens (tertiary/aromatic N) is 3. The van der Waals surface area contributed by atoms with Gasteiger partial charge in [0.25, 0.3) is 0 Å². The summed E-state index contributed by atoms with van der Waals surface area (Å²) < 4.78 is 0. The molecule has 0 amide bonds. The Hall–Kier alpha value is -2.45. The van der Waals surface area contributed by atoms with Crippen molar-refractivity contribution in [2.75, 3.05) is 11.9 Å². The molecule has 0 unspecified atom stereocenters. The Morgan fingerprint density at radius 1 is 1.15 bits per heavy atom. The number of benzene rings is 1. The van der Waals surface area contributed by atoms with Gasteiger partial charge in [-0.25, -0.2) is 9.97 Å². The first-order chi connectivity index (χ1) is 9.81. The van der Waals surface area contributed by atoms with Gasteiger partial charge < -0.3 is 11.1 Å². The van der Waals surface area contributed by atoms with E-state index in [1.54, 1.807) is 12.3 Å². The SMILES string of the molecule is N#CCc1ccnc(NCCc2ccc(CN)cc2)n1. The van der Waals surface area contributed by atoms with Crippen molar-refractivity contribution < 1.29 is 0 Å². The van der Waals surface area contributed by atoms with Crippen LogP contribution in [-0.2, 0) is 19.4 Å². The molecule has 5 nitrogen and oxygen atoms in total. The van der Waals surface area contributed by atoms with Crippen molar-refractivity contribution in [3.8, 4) is 6.07 Å². The van der Waals surface area contributed by atoms with Crippen molar-refractivity contribution in [3.63, 3.8) is 0 Å². The monoisotopic (exact) mass is 267 g/mol. The molecule has 0 saturated carbocycles. The molecule has 0 aliphatic heterocycles. The maximum Gasteiger partial charge on any atom is 0.222 e. The normalized spacial score (nSPS) is 10.0. The van der Waals surface area contributed by atoms with Gasteiger partial charge in [-0.15, -0.1) is 0 Å². The number of nitrogens with one attached hydrogen (secondary N) is 1. The molecule has 5 heteroatoms. The molecule has 3 N–H and O–H groups in total. The number of aromatic nitrogens is 2. The van der Waals surface area contributed by atoms with Crippen LogP contribution < -0.4 is 11.1 Å². The van der Waals surface area contributed by atoms with Crippen molar-refractivity contribution in [1.29, 1.82) is 5.26 Å². The molecular formula is C15H17N5. The molecule has 0 fully saturated rings. The van der Waals surface area contributed by atoms with Crippen LogP contribution in [0, 0.1) is 11.3 Å². The zero-order valence-electron chi connectivity index (χ0n) is 11.2. The molecule has 0 bridgehead atoms. The number of nitrogens with two attached hydrogens (primary N) is 1. The van der Waals surface area contributed by atoms with Gasteiger partial charge in [0.2, 0.25) is 5.95 Å². The Balaban J connectivity index is 1.86. The lowest BCUT2D eigenvalue weighted by atomic mass is 10.1. The van der Waals surface area contributed by atoms with Crippen LogP contribution >= 0.6 is 0 Å². The smallest absolute Gasteiger partial charge is 0.222 e. The van der Waals surface area contributed by atoms with Crippen LogP contribution in [0.5, 0.6) is 0 Å². The van der Waals surface area contributed by atoms with E-state index in [4.69, 9.17) is 11.0 Å². The maximum atomic E-state index is 8.64. The van der Waals surface area contributed by atoms with Crippen molar-refractivity contribution in [2.24, 2.45) is 5.73 Å². The van der Waals surface area contributed by atoms with Crippen LogP contribution in [0.25, 0.3) is 0 Å². The fourth-order valence-corrected chi connectivity index (χ4v) is 1.82. The molecule has 0 aliphatic carbocycles. The molecule has 0 aliphatic rings. The minimum Gasteiger partial charge on any atom is -0.354 e. The minimum absolute atomic E-state index is 0.303. The predicted octanol–water partition coefficient (Wildman–Crippen LogP) is 1.66. The molecule has 0 spiro atoms. The molecule has 2 rings (SSSR count). The number of rotatable bonds is 6. The second-order valence-electron chi connectivity index (χ2n) is 4.40. The number of hydrogen-bond acceptors (Lipinski definition) is 5. The van der Waals surface area contributed by atoms with Gasteiger partial charge in [0.15, 0.2) is 0 Å². The van der Waals surface area contributed by atoms with E-state index < -0.39 is 0 Å². The summed E-state index contributed by atoms with van der Waals surface area (Å²) in [6.07, 6.45) is 2.85. The Morgan fingerprint density at radius 2 is 1.90 bits per heavy atom. The average molecular weight is 267 g/mol. The fourth-order valence-electron chi connectivity index (χ4n) is 1.82. The van der Waals surface area contributed by atoms with E-state index in [1.807, 2.05) is 12.1 Å². The molecule has 0 saturated heterocycles. The molecule has 1 aromatic carbocycles. The third kappa shape index (κ3) is 4.04. The summed E-state index contributed by atoms with van der Waals surface area (Å²) in [6, 6.07) is 12.1. The van der Waals surface area contributed by atoms with Gasteiger partial charge in [-0.2, -0.15) is 5.26 Å². The van der Waals surface area contributed by atoms with Gasteiger partial charge in [-0.1, -0.05) is 24.3 Å². The second kappa shape index (κ2) is 7.22. The highest BCUT2D eigenvalue weighted by Gasteiger charge is 1.99. The lowest BCUT2D eigenvalue weighted by molar-refractivity contribution is 0.963. The summed E-state index contributed by atoms with van der Waals surface area (Å²) in [6.45, 7) is 1.32. The van der Waals surface area contributed by atoms with Gasteiger partial charge in [0, 0.05) is 19.3 Å². The van der Waals surface area contributed by atoms with Gasteiger partial charge in [0.1, 0.15) is 0 Å². The van der Waals surface area contributed by atoms with Crippen LogP contribution in [0.15, 0.2) is 36.5 Å². The van der Waals surface area contributed by atoms with Crippen molar-refractivity contribution in [3.05, 3.63) is 53.3 Å². The topological polar surface area (TPSA) is 87.6 Å². The highest BCUT2D eigenvalue weighted by atomic mass is 15.1. The number of nitriles is 1. The molecule has 0 atom stereocenters. The Kier molecular flexibility index (Phi) is 5.04. The largest absolute Gasteiger partial charge is 0.354 e. The van der Waals surface area contributed by atoms with Crippen molar-refractivity contribution >= 4 is 5.95 Å². The lowest BCUT2D eigenvalue weighted by Crippen LogP contribution is -2.08. The maximum absolute atomic E-state index is 8.64.